The van der Waals surface area contributed by atoms with E-state index in [1.807, 2.05) is 0 Å². The SMILES string of the molecule is c1ccc(-c2ccccc2-c2c3c(cc4ccccc24)-c2cc4c(c5cccc-3c25)-c2ccccc2C42c3ccccc3-c3ccccc32)cc1. The molecule has 0 aliphatic heterocycles. The predicted octanol–water partition coefficient (Wildman–Crippen LogP) is 13.3. The van der Waals surface area contributed by atoms with E-state index < -0.39 is 0 Å². The quantitative estimate of drug-likeness (QED) is 0.176. The Morgan fingerprint density at radius 2 is 0.824 bits per heavy atom. The molecule has 0 heterocycles. The molecule has 1 spiro atoms. The Labute approximate surface area is 296 Å². The molecule has 0 saturated carbocycles. The van der Waals surface area contributed by atoms with E-state index in [0.717, 1.165) is 0 Å². The van der Waals surface area contributed by atoms with E-state index in [-0.39, 0.29) is 5.41 Å². The number of rotatable bonds is 2. The molecule has 12 rings (SSSR count). The standard InChI is InChI=1S/C51H30/c1-2-15-31(16-3-1)33-18-6-7-22-37(33)49-34-19-5-4-17-32(34)29-41-42-30-46-48(39-24-14-25-40(47(39)42)50(41)49)38-23-10-13-28-45(38)51(46)43-26-11-8-20-35(43)36-21-9-12-27-44(36)51/h1-30H. The van der Waals surface area contributed by atoms with Crippen LogP contribution in [-0.4, -0.2) is 0 Å². The minimum atomic E-state index is -0.387. The van der Waals surface area contributed by atoms with Gasteiger partial charge in [0.2, 0.25) is 0 Å². The van der Waals surface area contributed by atoms with Crippen molar-refractivity contribution < 1.29 is 0 Å². The van der Waals surface area contributed by atoms with Crippen molar-refractivity contribution in [3.8, 4) is 66.8 Å². The molecule has 234 valence electrons. The van der Waals surface area contributed by atoms with Crippen molar-refractivity contribution in [1.82, 2.24) is 0 Å². The molecule has 0 aromatic heterocycles. The van der Waals surface area contributed by atoms with Gasteiger partial charge >= 0.3 is 0 Å². The highest BCUT2D eigenvalue weighted by Crippen LogP contribution is 2.66. The second-order valence-corrected chi connectivity index (χ2v) is 14.3. The van der Waals surface area contributed by atoms with Crippen LogP contribution in [0.3, 0.4) is 0 Å². The summed E-state index contributed by atoms with van der Waals surface area (Å²) in [5.41, 5.74) is 21.0. The van der Waals surface area contributed by atoms with Gasteiger partial charge in [-0.15, -0.1) is 0 Å². The highest BCUT2D eigenvalue weighted by molar-refractivity contribution is 6.26. The predicted molar refractivity (Wildman–Crippen MR) is 213 cm³/mol. The molecular weight excluding hydrogens is 613 g/mol. The summed E-state index contributed by atoms with van der Waals surface area (Å²) in [5, 5.41) is 5.27. The van der Waals surface area contributed by atoms with Gasteiger partial charge in [-0.05, 0) is 123 Å². The maximum absolute atomic E-state index is 2.59. The lowest BCUT2D eigenvalue weighted by Crippen LogP contribution is -2.25. The van der Waals surface area contributed by atoms with Crippen LogP contribution in [0.5, 0.6) is 0 Å². The van der Waals surface area contributed by atoms with E-state index in [1.165, 1.54) is 111 Å². The number of hydrogen-bond donors (Lipinski definition) is 0. The van der Waals surface area contributed by atoms with E-state index in [2.05, 4.69) is 182 Å². The average Bonchev–Trinajstić information content (AvgIpc) is 3.80. The minimum Gasteiger partial charge on any atom is -0.0622 e. The molecule has 0 amide bonds. The molecule has 0 saturated heterocycles. The highest BCUT2D eigenvalue weighted by atomic mass is 14.5. The monoisotopic (exact) mass is 642 g/mol. The van der Waals surface area contributed by atoms with E-state index in [4.69, 9.17) is 0 Å². The van der Waals surface area contributed by atoms with Crippen molar-refractivity contribution >= 4 is 21.5 Å². The topological polar surface area (TPSA) is 0 Å². The fourth-order valence-corrected chi connectivity index (χ4v) is 10.2. The van der Waals surface area contributed by atoms with Crippen LogP contribution in [0.1, 0.15) is 22.3 Å². The molecule has 0 unspecified atom stereocenters. The first-order valence-corrected chi connectivity index (χ1v) is 17.9. The molecule has 0 atom stereocenters. The van der Waals surface area contributed by atoms with Crippen molar-refractivity contribution in [2.45, 2.75) is 5.41 Å². The fourth-order valence-electron chi connectivity index (χ4n) is 10.2. The fraction of sp³-hybridized carbons (Fsp3) is 0.0196. The van der Waals surface area contributed by atoms with Gasteiger partial charge in [-0.1, -0.05) is 170 Å². The molecule has 0 N–H and O–H groups in total. The molecule has 0 bridgehead atoms. The van der Waals surface area contributed by atoms with Crippen molar-refractivity contribution in [3.05, 3.63) is 204 Å². The summed E-state index contributed by atoms with van der Waals surface area (Å²) in [4.78, 5) is 0. The Hall–Kier alpha value is -6.50. The van der Waals surface area contributed by atoms with Crippen LogP contribution in [0.25, 0.3) is 88.3 Å². The average molecular weight is 643 g/mol. The number of benzene rings is 9. The van der Waals surface area contributed by atoms with E-state index in [9.17, 15) is 0 Å². The Bertz CT molecular complexity index is 2920. The summed E-state index contributed by atoms with van der Waals surface area (Å²) in [5.74, 6) is 0. The number of fused-ring (bicyclic) bond motifs is 15. The van der Waals surface area contributed by atoms with Crippen LogP contribution >= 0.6 is 0 Å². The zero-order valence-electron chi connectivity index (χ0n) is 27.8. The molecule has 9 aromatic rings. The second-order valence-electron chi connectivity index (χ2n) is 14.3. The molecule has 0 heteroatoms. The van der Waals surface area contributed by atoms with Gasteiger partial charge in [-0.3, -0.25) is 0 Å². The Morgan fingerprint density at radius 3 is 1.57 bits per heavy atom. The maximum atomic E-state index is 2.59. The van der Waals surface area contributed by atoms with Gasteiger partial charge in [-0.25, -0.2) is 0 Å². The largest absolute Gasteiger partial charge is 0.0725 e. The first-order valence-electron chi connectivity index (χ1n) is 17.9. The van der Waals surface area contributed by atoms with E-state index in [0.29, 0.717) is 0 Å². The van der Waals surface area contributed by atoms with Gasteiger partial charge in [0.15, 0.2) is 0 Å². The lowest BCUT2D eigenvalue weighted by molar-refractivity contribution is 0.795. The van der Waals surface area contributed by atoms with Crippen molar-refractivity contribution in [3.63, 3.8) is 0 Å². The third-order valence-corrected chi connectivity index (χ3v) is 12.0. The summed E-state index contributed by atoms with van der Waals surface area (Å²) in [7, 11) is 0. The highest BCUT2D eigenvalue weighted by Gasteiger charge is 2.52. The summed E-state index contributed by atoms with van der Waals surface area (Å²) < 4.78 is 0. The van der Waals surface area contributed by atoms with Crippen molar-refractivity contribution in [2.24, 2.45) is 0 Å². The van der Waals surface area contributed by atoms with Crippen LogP contribution in [0.15, 0.2) is 182 Å². The third-order valence-electron chi connectivity index (χ3n) is 12.0. The Morgan fingerprint density at radius 1 is 0.275 bits per heavy atom. The summed E-state index contributed by atoms with van der Waals surface area (Å²) in [6, 6.07) is 68.3. The first kappa shape index (κ1) is 27.3. The molecule has 0 radical (unpaired) electrons. The zero-order chi connectivity index (χ0) is 33.3. The third kappa shape index (κ3) is 3.31. The normalized spacial score (nSPS) is 13.6. The zero-order valence-corrected chi connectivity index (χ0v) is 27.8. The van der Waals surface area contributed by atoms with Gasteiger partial charge < -0.3 is 0 Å². The van der Waals surface area contributed by atoms with Crippen LogP contribution in [0, 0.1) is 0 Å². The van der Waals surface area contributed by atoms with Crippen LogP contribution in [-0.2, 0) is 5.41 Å². The smallest absolute Gasteiger partial charge is 0.0622 e. The van der Waals surface area contributed by atoms with E-state index in [1.54, 1.807) is 0 Å². The van der Waals surface area contributed by atoms with E-state index >= 15 is 0 Å². The molecule has 9 aromatic carbocycles. The van der Waals surface area contributed by atoms with Crippen molar-refractivity contribution in [1.29, 1.82) is 0 Å². The van der Waals surface area contributed by atoms with Crippen molar-refractivity contribution in [2.75, 3.05) is 0 Å². The molecule has 51 heavy (non-hydrogen) atoms. The van der Waals surface area contributed by atoms with Gasteiger partial charge in [0.05, 0.1) is 5.41 Å². The summed E-state index contributed by atoms with van der Waals surface area (Å²) in [6.07, 6.45) is 0. The van der Waals surface area contributed by atoms with Crippen LogP contribution < -0.4 is 0 Å². The second kappa shape index (κ2) is 9.81. The first-order chi connectivity index (χ1) is 25.3. The summed E-state index contributed by atoms with van der Waals surface area (Å²) >= 11 is 0. The lowest BCUT2D eigenvalue weighted by atomic mass is 9.70. The molecule has 3 aliphatic rings. The summed E-state index contributed by atoms with van der Waals surface area (Å²) in [6.45, 7) is 0. The Balaban J connectivity index is 1.25. The van der Waals surface area contributed by atoms with Gasteiger partial charge in [-0.2, -0.15) is 0 Å². The minimum absolute atomic E-state index is 0.387. The molecular formula is C51H30. The van der Waals surface area contributed by atoms with Crippen LogP contribution in [0.4, 0.5) is 0 Å². The van der Waals surface area contributed by atoms with Gasteiger partial charge in [0.1, 0.15) is 0 Å². The van der Waals surface area contributed by atoms with Crippen LogP contribution in [0.2, 0.25) is 0 Å². The Kier molecular flexibility index (Phi) is 5.26. The van der Waals surface area contributed by atoms with Gasteiger partial charge in [0.25, 0.3) is 0 Å². The number of hydrogen-bond acceptors (Lipinski definition) is 0. The molecule has 0 fully saturated rings. The lowest BCUT2D eigenvalue weighted by Gasteiger charge is -2.30. The van der Waals surface area contributed by atoms with Gasteiger partial charge in [0, 0.05) is 0 Å². The molecule has 0 nitrogen and oxygen atoms in total. The molecule has 3 aliphatic carbocycles. The maximum Gasteiger partial charge on any atom is 0.0725 e.